The summed E-state index contributed by atoms with van der Waals surface area (Å²) < 4.78 is 0.846. The van der Waals surface area contributed by atoms with Crippen LogP contribution in [0.1, 0.15) is 5.56 Å². The van der Waals surface area contributed by atoms with Crippen LogP contribution in [-0.2, 0) is 6.42 Å². The predicted octanol–water partition coefficient (Wildman–Crippen LogP) is 1.97. The smallest absolute Gasteiger partial charge is 0.0615 e. The van der Waals surface area contributed by atoms with Gasteiger partial charge in [0.15, 0.2) is 0 Å². The van der Waals surface area contributed by atoms with Crippen molar-refractivity contribution in [2.75, 3.05) is 0 Å². The summed E-state index contributed by atoms with van der Waals surface area (Å²) >= 11 is 0. The van der Waals surface area contributed by atoms with E-state index in [0.717, 1.165) is 22.4 Å². The van der Waals surface area contributed by atoms with Crippen LogP contribution in [0.15, 0.2) is 30.5 Å². The Morgan fingerprint density at radius 3 is 3.00 bits per heavy atom. The van der Waals surface area contributed by atoms with E-state index in [-0.39, 0.29) is 0 Å². The first kappa shape index (κ1) is 6.28. The maximum absolute atomic E-state index is 11.1. The molecule has 0 N–H and O–H groups in total. The van der Waals surface area contributed by atoms with Gasteiger partial charge in [-0.05, 0) is 0 Å². The summed E-state index contributed by atoms with van der Waals surface area (Å²) in [4.78, 5) is 11.1. The molecule has 0 saturated heterocycles. The number of allylic oxidation sites excluding steroid dienone is 1. The van der Waals surface area contributed by atoms with Gasteiger partial charge in [0.2, 0.25) is 6.20 Å². The molecule has 53 valence electrons. The van der Waals surface area contributed by atoms with Gasteiger partial charge < -0.3 is 0 Å². The fourth-order valence-electron chi connectivity index (χ4n) is 1.18. The number of hydrogen-bond acceptors (Lipinski definition) is 1. The highest BCUT2D eigenvalue weighted by molar-refractivity contribution is 5.41. The fourth-order valence-corrected chi connectivity index (χ4v) is 1.18. The molecule has 0 unspecified atom stereocenters. The van der Waals surface area contributed by atoms with Crippen molar-refractivity contribution < 1.29 is 4.76 Å². The van der Waals surface area contributed by atoms with Gasteiger partial charge in [-0.25, -0.2) is 0 Å². The van der Waals surface area contributed by atoms with E-state index in [2.05, 4.69) is 6.08 Å². The molecule has 0 amide bonds. The summed E-state index contributed by atoms with van der Waals surface area (Å²) in [6, 6.07) is 7.56. The number of nitroso groups, excluding NO2 is 1. The monoisotopic (exact) mass is 145 g/mol. The van der Waals surface area contributed by atoms with Gasteiger partial charge >= 0.3 is 0 Å². The third kappa shape index (κ3) is 0.963. The average Bonchev–Trinajstić information content (AvgIpc) is 2.06. The summed E-state index contributed by atoms with van der Waals surface area (Å²) in [6.07, 6.45) is 5.06. The Hall–Kier alpha value is -1.44. The highest BCUT2D eigenvalue weighted by Gasteiger charge is 2.18. The number of hydrogen-bond donors (Lipinski definition) is 0. The van der Waals surface area contributed by atoms with Gasteiger partial charge in [0.25, 0.3) is 5.69 Å². The number of nitrogens with zero attached hydrogens (tertiary/aromatic N) is 1. The molecule has 2 nitrogen and oxygen atoms in total. The maximum atomic E-state index is 11.1. The van der Waals surface area contributed by atoms with E-state index in [9.17, 15) is 4.91 Å². The molecule has 1 aromatic carbocycles. The third-order valence-corrected chi connectivity index (χ3v) is 1.73. The molecule has 1 radical (unpaired) electrons. The van der Waals surface area contributed by atoms with Gasteiger partial charge in [-0.3, -0.25) is 0 Å². The van der Waals surface area contributed by atoms with Gasteiger partial charge in [-0.15, -0.1) is 0 Å². The van der Waals surface area contributed by atoms with Gasteiger partial charge in [0.1, 0.15) is 0 Å². The van der Waals surface area contributed by atoms with E-state index < -0.39 is 0 Å². The number of fused-ring (bicyclic) bond motifs is 1. The lowest BCUT2D eigenvalue weighted by atomic mass is 10.1. The lowest BCUT2D eigenvalue weighted by molar-refractivity contribution is -0.388. The molecule has 11 heavy (non-hydrogen) atoms. The van der Waals surface area contributed by atoms with Crippen LogP contribution >= 0.6 is 0 Å². The first-order valence-corrected chi connectivity index (χ1v) is 3.49. The topological polar surface area (TPSA) is 20.1 Å². The van der Waals surface area contributed by atoms with Gasteiger partial charge in [-0.1, -0.05) is 18.2 Å². The highest BCUT2D eigenvalue weighted by Crippen LogP contribution is 2.21. The molecule has 0 fully saturated rings. The minimum absolute atomic E-state index is 0.742. The SMILES string of the molecule is O=[N+]1C=[C]Cc2ccccc21. The number of para-hydroxylation sites is 1. The number of rotatable bonds is 0. The standard InChI is InChI=1S/C9H7NO/c11-10-7-3-5-8-4-1-2-6-9(8)10/h1-2,4,6-7H,5H2/q+1. The molecule has 1 aromatic rings. The highest BCUT2D eigenvalue weighted by atomic mass is 16.3. The zero-order valence-electron chi connectivity index (χ0n) is 5.95. The second kappa shape index (κ2) is 2.31. The molecule has 0 atom stereocenters. The molecule has 0 aliphatic carbocycles. The lowest BCUT2D eigenvalue weighted by Crippen LogP contribution is -2.00. The van der Waals surface area contributed by atoms with E-state index in [1.165, 1.54) is 6.20 Å². The zero-order valence-corrected chi connectivity index (χ0v) is 5.95. The first-order valence-electron chi connectivity index (χ1n) is 3.49. The van der Waals surface area contributed by atoms with Crippen molar-refractivity contribution in [1.29, 1.82) is 0 Å². The molecule has 2 heteroatoms. The molecular weight excluding hydrogens is 138 g/mol. The Morgan fingerprint density at radius 1 is 1.36 bits per heavy atom. The number of benzene rings is 1. The van der Waals surface area contributed by atoms with E-state index in [4.69, 9.17) is 0 Å². The van der Waals surface area contributed by atoms with Crippen LogP contribution in [0.3, 0.4) is 0 Å². The Balaban J connectivity index is 2.59. The van der Waals surface area contributed by atoms with E-state index in [0.29, 0.717) is 0 Å². The maximum Gasteiger partial charge on any atom is 0.266 e. The van der Waals surface area contributed by atoms with Crippen molar-refractivity contribution in [3.63, 3.8) is 0 Å². The van der Waals surface area contributed by atoms with Crippen LogP contribution < -0.4 is 0 Å². The Labute approximate surface area is 64.7 Å². The summed E-state index contributed by atoms with van der Waals surface area (Å²) in [6.45, 7) is 0. The normalized spacial score (nSPS) is 14.7. The first-order chi connectivity index (χ1) is 5.38. The van der Waals surface area contributed by atoms with Crippen molar-refractivity contribution in [2.24, 2.45) is 0 Å². The van der Waals surface area contributed by atoms with Crippen molar-refractivity contribution in [3.8, 4) is 0 Å². The Kier molecular flexibility index (Phi) is 1.32. The molecule has 0 saturated carbocycles. The van der Waals surface area contributed by atoms with Crippen LogP contribution in [-0.4, -0.2) is 4.76 Å². The summed E-state index contributed by atoms with van der Waals surface area (Å²) in [5.74, 6) is 0. The molecule has 1 heterocycles. The fraction of sp³-hybridized carbons (Fsp3) is 0.111. The minimum atomic E-state index is 0.742. The van der Waals surface area contributed by atoms with Crippen LogP contribution in [0.5, 0.6) is 0 Å². The van der Waals surface area contributed by atoms with Crippen molar-refractivity contribution >= 4 is 5.69 Å². The average molecular weight is 145 g/mol. The molecule has 0 bridgehead atoms. The van der Waals surface area contributed by atoms with Crippen molar-refractivity contribution in [2.45, 2.75) is 6.42 Å². The van der Waals surface area contributed by atoms with Crippen LogP contribution in [0, 0.1) is 11.0 Å². The molecular formula is C9H7NO+. The largest absolute Gasteiger partial charge is 0.266 e. The zero-order chi connectivity index (χ0) is 7.68. The van der Waals surface area contributed by atoms with Gasteiger partial charge in [-0.2, -0.15) is 0 Å². The van der Waals surface area contributed by atoms with Gasteiger partial charge in [0, 0.05) is 29.0 Å². The summed E-state index contributed by atoms with van der Waals surface area (Å²) in [7, 11) is 0. The van der Waals surface area contributed by atoms with E-state index in [1.807, 2.05) is 24.3 Å². The Bertz CT molecular complexity index is 328. The van der Waals surface area contributed by atoms with Gasteiger partial charge in [0.05, 0.1) is 4.76 Å². The Morgan fingerprint density at radius 2 is 2.18 bits per heavy atom. The molecule has 1 aliphatic rings. The van der Waals surface area contributed by atoms with E-state index >= 15 is 0 Å². The molecule has 0 aromatic heterocycles. The molecule has 0 spiro atoms. The molecule has 2 rings (SSSR count). The van der Waals surface area contributed by atoms with Crippen LogP contribution in [0.25, 0.3) is 0 Å². The summed E-state index contributed by atoms with van der Waals surface area (Å²) in [5.41, 5.74) is 1.79. The van der Waals surface area contributed by atoms with Crippen LogP contribution in [0.2, 0.25) is 0 Å². The van der Waals surface area contributed by atoms with Crippen molar-refractivity contribution in [3.05, 3.63) is 47.0 Å². The predicted molar refractivity (Wildman–Crippen MR) is 41.2 cm³/mol. The quantitative estimate of drug-likeness (QED) is 0.511. The third-order valence-electron chi connectivity index (χ3n) is 1.73. The molecule has 1 aliphatic heterocycles. The van der Waals surface area contributed by atoms with E-state index in [1.54, 1.807) is 0 Å². The van der Waals surface area contributed by atoms with Crippen LogP contribution in [0.4, 0.5) is 5.69 Å². The second-order valence-corrected chi connectivity index (χ2v) is 2.46. The lowest BCUT2D eigenvalue weighted by Gasteiger charge is -1.99. The van der Waals surface area contributed by atoms with Crippen molar-refractivity contribution in [1.82, 2.24) is 0 Å². The second-order valence-electron chi connectivity index (χ2n) is 2.46. The minimum Gasteiger partial charge on any atom is -0.0615 e. The summed E-state index contributed by atoms with van der Waals surface area (Å²) in [5, 5.41) is 0.